The minimum atomic E-state index is -0.305. The summed E-state index contributed by atoms with van der Waals surface area (Å²) in [4.78, 5) is 0. The normalized spacial score (nSPS) is 11.8. The second-order valence-electron chi connectivity index (χ2n) is 3.44. The Bertz CT molecular complexity index is 437. The first kappa shape index (κ1) is 12.8. The zero-order valence-corrected chi connectivity index (χ0v) is 10.4. The van der Waals surface area contributed by atoms with Gasteiger partial charge in [-0.05, 0) is 25.0 Å². The van der Waals surface area contributed by atoms with Crippen LogP contribution in [0.3, 0.4) is 0 Å². The average molecular weight is 281 g/mol. The number of benzene rings is 1. The third-order valence-corrected chi connectivity index (χ3v) is 3.03. The second-order valence-corrected chi connectivity index (χ2v) is 4.30. The number of halogens is 1. The molecular formula is C12H13BrN2O. The van der Waals surface area contributed by atoms with Gasteiger partial charge in [-0.15, -0.1) is 6.58 Å². The van der Waals surface area contributed by atoms with Gasteiger partial charge < -0.3 is 10.8 Å². The van der Waals surface area contributed by atoms with Crippen LogP contribution in [0.25, 0.3) is 0 Å². The van der Waals surface area contributed by atoms with Gasteiger partial charge in [-0.3, -0.25) is 0 Å². The number of allylic oxidation sites excluding steroid dienone is 1. The monoisotopic (exact) mass is 280 g/mol. The number of hydrogen-bond acceptors (Lipinski definition) is 3. The fraction of sp³-hybridized carbons (Fsp3) is 0.250. The van der Waals surface area contributed by atoms with Gasteiger partial charge in [0.25, 0.3) is 0 Å². The highest BCUT2D eigenvalue weighted by atomic mass is 79.9. The fourth-order valence-electron chi connectivity index (χ4n) is 1.47. The van der Waals surface area contributed by atoms with Crippen LogP contribution in [0, 0.1) is 11.3 Å². The maximum Gasteiger partial charge on any atom is 0.139 e. The number of phenolic OH excluding ortho intramolecular Hbond substituents is 1. The van der Waals surface area contributed by atoms with E-state index in [9.17, 15) is 5.11 Å². The summed E-state index contributed by atoms with van der Waals surface area (Å²) in [6, 6.07) is 4.90. The van der Waals surface area contributed by atoms with Crippen molar-refractivity contribution in [1.82, 2.24) is 0 Å². The Labute approximate surface area is 103 Å². The molecule has 1 aromatic rings. The van der Waals surface area contributed by atoms with E-state index in [0.29, 0.717) is 12.0 Å². The summed E-state index contributed by atoms with van der Waals surface area (Å²) in [6.45, 7) is 3.62. The van der Waals surface area contributed by atoms with Crippen molar-refractivity contribution in [3.05, 3.63) is 40.4 Å². The van der Waals surface area contributed by atoms with Gasteiger partial charge in [0.05, 0.1) is 5.56 Å². The summed E-state index contributed by atoms with van der Waals surface area (Å²) in [7, 11) is 0. The van der Waals surface area contributed by atoms with Crippen LogP contribution in [0.4, 0.5) is 0 Å². The Balaban J connectivity index is 3.11. The first-order valence-corrected chi connectivity index (χ1v) is 5.69. The van der Waals surface area contributed by atoms with Gasteiger partial charge in [-0.1, -0.05) is 22.0 Å². The van der Waals surface area contributed by atoms with Crippen LogP contribution in [0.15, 0.2) is 29.3 Å². The number of hydrogen-bond donors (Lipinski definition) is 2. The minimum absolute atomic E-state index is 0.0339. The quantitative estimate of drug-likeness (QED) is 0.833. The highest BCUT2D eigenvalue weighted by Crippen LogP contribution is 2.35. The second kappa shape index (κ2) is 5.69. The van der Waals surface area contributed by atoms with Gasteiger partial charge in [-0.25, -0.2) is 0 Å². The van der Waals surface area contributed by atoms with Crippen molar-refractivity contribution in [2.45, 2.75) is 18.9 Å². The predicted octanol–water partition coefficient (Wildman–Crippen LogP) is 2.99. The molecule has 84 valence electrons. The molecule has 0 aliphatic heterocycles. The van der Waals surface area contributed by atoms with E-state index in [1.165, 1.54) is 0 Å². The lowest BCUT2D eigenvalue weighted by molar-refractivity contribution is 0.456. The van der Waals surface area contributed by atoms with E-state index in [-0.39, 0.29) is 17.4 Å². The number of nitrogens with zero attached hydrogens (tertiary/aromatic N) is 1. The summed E-state index contributed by atoms with van der Waals surface area (Å²) in [6.07, 6.45) is 3.23. The standard InChI is InChI=1S/C12H13BrN2O/c1-2-3-4-10(15)11-9(13)6-5-8(7-14)12(11)16/h2,5-6,10,16H,1,3-4,15H2/t10-/m1/s1. The molecule has 4 heteroatoms. The SMILES string of the molecule is C=CCC[C@@H](N)c1c(Br)ccc(C#N)c1O. The number of phenols is 1. The van der Waals surface area contributed by atoms with Crippen LogP contribution in [0.1, 0.15) is 30.0 Å². The molecule has 1 atom stereocenters. The molecule has 0 aliphatic rings. The Kier molecular flexibility index (Phi) is 4.53. The zero-order valence-electron chi connectivity index (χ0n) is 8.78. The third-order valence-electron chi connectivity index (χ3n) is 2.34. The van der Waals surface area contributed by atoms with Crippen molar-refractivity contribution in [3.63, 3.8) is 0 Å². The first-order valence-electron chi connectivity index (χ1n) is 4.89. The van der Waals surface area contributed by atoms with Crippen LogP contribution in [-0.4, -0.2) is 5.11 Å². The Morgan fingerprint density at radius 1 is 1.62 bits per heavy atom. The minimum Gasteiger partial charge on any atom is -0.506 e. The van der Waals surface area contributed by atoms with Gasteiger partial charge in [-0.2, -0.15) is 5.26 Å². The van der Waals surface area contributed by atoms with E-state index in [0.717, 1.165) is 10.9 Å². The molecule has 3 N–H and O–H groups in total. The van der Waals surface area contributed by atoms with E-state index in [2.05, 4.69) is 22.5 Å². The summed E-state index contributed by atoms with van der Waals surface area (Å²) in [5, 5.41) is 18.7. The molecule has 0 spiro atoms. The first-order chi connectivity index (χ1) is 7.61. The maximum absolute atomic E-state index is 9.88. The van der Waals surface area contributed by atoms with Crippen LogP contribution in [-0.2, 0) is 0 Å². The lowest BCUT2D eigenvalue weighted by Gasteiger charge is -2.15. The molecule has 0 unspecified atom stereocenters. The summed E-state index contributed by atoms with van der Waals surface area (Å²) in [5.41, 5.74) is 6.79. The van der Waals surface area contributed by atoms with Crippen molar-refractivity contribution in [3.8, 4) is 11.8 Å². The topological polar surface area (TPSA) is 70.0 Å². The lowest BCUT2D eigenvalue weighted by atomic mass is 9.99. The molecule has 1 aromatic carbocycles. The van der Waals surface area contributed by atoms with E-state index in [4.69, 9.17) is 11.0 Å². The lowest BCUT2D eigenvalue weighted by Crippen LogP contribution is -2.11. The van der Waals surface area contributed by atoms with Crippen molar-refractivity contribution < 1.29 is 5.11 Å². The molecule has 0 aliphatic carbocycles. The average Bonchev–Trinajstić information content (AvgIpc) is 2.26. The Hall–Kier alpha value is -1.31. The van der Waals surface area contributed by atoms with Crippen molar-refractivity contribution in [2.75, 3.05) is 0 Å². The van der Waals surface area contributed by atoms with Crippen LogP contribution in [0.2, 0.25) is 0 Å². The largest absolute Gasteiger partial charge is 0.506 e. The zero-order chi connectivity index (χ0) is 12.1. The van der Waals surface area contributed by atoms with E-state index in [1.54, 1.807) is 18.2 Å². The molecule has 0 bridgehead atoms. The smallest absolute Gasteiger partial charge is 0.139 e. The van der Waals surface area contributed by atoms with Gasteiger partial charge in [0, 0.05) is 16.1 Å². The van der Waals surface area contributed by atoms with Gasteiger partial charge in [0.2, 0.25) is 0 Å². The van der Waals surface area contributed by atoms with Gasteiger partial charge in [0.1, 0.15) is 11.8 Å². The van der Waals surface area contributed by atoms with Crippen molar-refractivity contribution in [1.29, 1.82) is 5.26 Å². The molecule has 0 saturated carbocycles. The van der Waals surface area contributed by atoms with E-state index >= 15 is 0 Å². The third kappa shape index (κ3) is 2.63. The van der Waals surface area contributed by atoms with Crippen LogP contribution in [0.5, 0.6) is 5.75 Å². The molecular weight excluding hydrogens is 268 g/mol. The molecule has 0 aromatic heterocycles. The predicted molar refractivity (Wildman–Crippen MR) is 66.9 cm³/mol. The molecule has 16 heavy (non-hydrogen) atoms. The molecule has 0 heterocycles. The Morgan fingerprint density at radius 3 is 2.88 bits per heavy atom. The maximum atomic E-state index is 9.88. The van der Waals surface area contributed by atoms with Crippen LogP contribution >= 0.6 is 15.9 Å². The number of aromatic hydroxyl groups is 1. The van der Waals surface area contributed by atoms with Gasteiger partial charge >= 0.3 is 0 Å². The Morgan fingerprint density at radius 2 is 2.31 bits per heavy atom. The number of nitrogens with two attached hydrogens (primary N) is 1. The summed E-state index contributed by atoms with van der Waals surface area (Å²) < 4.78 is 0.723. The van der Waals surface area contributed by atoms with Crippen LogP contribution < -0.4 is 5.73 Å². The van der Waals surface area contributed by atoms with E-state index < -0.39 is 0 Å². The molecule has 0 radical (unpaired) electrons. The molecule has 0 amide bonds. The van der Waals surface area contributed by atoms with Gasteiger partial charge in [0.15, 0.2) is 0 Å². The summed E-state index contributed by atoms with van der Waals surface area (Å²) in [5.74, 6) is -0.0339. The summed E-state index contributed by atoms with van der Waals surface area (Å²) >= 11 is 3.33. The van der Waals surface area contributed by atoms with Crippen molar-refractivity contribution >= 4 is 15.9 Å². The molecule has 1 rings (SSSR count). The molecule has 0 fully saturated rings. The number of rotatable bonds is 4. The highest BCUT2D eigenvalue weighted by molar-refractivity contribution is 9.10. The molecule has 0 saturated heterocycles. The number of nitriles is 1. The highest BCUT2D eigenvalue weighted by Gasteiger charge is 2.17. The molecule has 3 nitrogen and oxygen atoms in total. The van der Waals surface area contributed by atoms with Crippen molar-refractivity contribution in [2.24, 2.45) is 5.73 Å². The fourth-order valence-corrected chi connectivity index (χ4v) is 2.08. The van der Waals surface area contributed by atoms with E-state index in [1.807, 2.05) is 6.07 Å².